The minimum atomic E-state index is -3.96. The van der Waals surface area contributed by atoms with E-state index in [2.05, 4.69) is 16.2 Å². The van der Waals surface area contributed by atoms with E-state index < -0.39 is 67.5 Å². The van der Waals surface area contributed by atoms with E-state index in [1.165, 1.54) is 46.9 Å². The molecule has 0 aliphatic carbocycles. The zero-order chi connectivity index (χ0) is 43.0. The van der Waals surface area contributed by atoms with Crippen molar-refractivity contribution >= 4 is 31.1 Å². The number of thiazole rings is 1. The van der Waals surface area contributed by atoms with Crippen LogP contribution in [0, 0.1) is 23.0 Å². The van der Waals surface area contributed by atoms with Crippen molar-refractivity contribution in [2.75, 3.05) is 13.4 Å². The predicted octanol–water partition coefficient (Wildman–Crippen LogP) is 9.52. The second kappa shape index (κ2) is 18.8. The van der Waals surface area contributed by atoms with E-state index in [9.17, 15) is 23.8 Å². The molecule has 5 aromatic rings. The molecule has 0 saturated carbocycles. The van der Waals surface area contributed by atoms with Crippen molar-refractivity contribution in [3.05, 3.63) is 124 Å². The summed E-state index contributed by atoms with van der Waals surface area (Å²) in [6, 6.07) is 18.0. The van der Waals surface area contributed by atoms with Gasteiger partial charge in [0.15, 0.2) is 18.2 Å². The first-order chi connectivity index (χ1) is 27.8. The lowest BCUT2D eigenvalue weighted by Gasteiger charge is -2.37. The second-order valence-corrected chi connectivity index (χ2v) is 17.7. The number of nitriles is 1. The molecule has 2 unspecified atom stereocenters. The number of carbonyl (C=O) groups is 2. The summed E-state index contributed by atoms with van der Waals surface area (Å²) in [4.78, 5) is 35.1. The predicted molar refractivity (Wildman–Crippen MR) is 212 cm³/mol. The van der Waals surface area contributed by atoms with Crippen molar-refractivity contribution in [3.8, 4) is 17.3 Å². The first-order valence-corrected chi connectivity index (χ1v) is 20.6. The largest absolute Gasteiger partial charge is 0.511 e. The monoisotopic (exact) mass is 851 g/mol. The van der Waals surface area contributed by atoms with Gasteiger partial charge in [-0.1, -0.05) is 43.3 Å². The Hall–Kier alpha value is -5.21. The minimum Gasteiger partial charge on any atom is -0.420 e. The minimum absolute atomic E-state index is 0.121. The summed E-state index contributed by atoms with van der Waals surface area (Å²) >= 11 is 1.22. The van der Waals surface area contributed by atoms with Gasteiger partial charge in [-0.05, 0) is 71.4 Å². The maximum Gasteiger partial charge on any atom is 0.511 e. The Kier molecular flexibility index (Phi) is 14.3. The third-order valence-corrected chi connectivity index (χ3v) is 11.4. The van der Waals surface area contributed by atoms with Crippen LogP contribution < -0.4 is 0 Å². The average Bonchev–Trinajstić information content (AvgIpc) is 3.87. The molecule has 0 bridgehead atoms. The van der Waals surface area contributed by atoms with Crippen LogP contribution in [0.1, 0.15) is 86.4 Å². The fourth-order valence-corrected chi connectivity index (χ4v) is 8.48. The van der Waals surface area contributed by atoms with Crippen LogP contribution in [-0.2, 0) is 51.1 Å². The van der Waals surface area contributed by atoms with Gasteiger partial charge >= 0.3 is 14.0 Å². The van der Waals surface area contributed by atoms with Gasteiger partial charge in [0.2, 0.25) is 0 Å². The first kappa shape index (κ1) is 44.9. The van der Waals surface area contributed by atoms with Gasteiger partial charge in [-0.2, -0.15) is 10.4 Å². The number of carbonyl (C=O) groups excluding carboxylic acids is 2. The maximum atomic E-state index is 15.8. The smallest absolute Gasteiger partial charge is 0.420 e. The zero-order valence-corrected chi connectivity index (χ0v) is 35.2. The van der Waals surface area contributed by atoms with Gasteiger partial charge in [-0.25, -0.2) is 32.8 Å². The van der Waals surface area contributed by atoms with E-state index in [0.717, 1.165) is 6.07 Å². The highest BCUT2D eigenvalue weighted by Gasteiger charge is 2.48. The molecule has 2 aromatic heterocycles. The fourth-order valence-electron chi connectivity index (χ4n) is 5.72. The first-order valence-electron chi connectivity index (χ1n) is 18.2. The van der Waals surface area contributed by atoms with Gasteiger partial charge < -0.3 is 14.2 Å². The Labute approximate surface area is 344 Å². The molecule has 18 heteroatoms. The van der Waals surface area contributed by atoms with Crippen molar-refractivity contribution in [2.45, 2.75) is 84.3 Å². The number of hydrogen-bond acceptors (Lipinski definition) is 14. The van der Waals surface area contributed by atoms with Crippen molar-refractivity contribution < 1.29 is 50.7 Å². The van der Waals surface area contributed by atoms with Gasteiger partial charge in [0, 0.05) is 28.1 Å². The standard InChI is InChI=1S/C41H44F2N5O9PS/c1-27(37-47-35(22-59-37)30-12-8-28(19-44)9-13-30)41(23-48-25-45-24-46-48,33-17-16-32(42)18-34(33)43)55-38(50)53-26-52-21-36(49)31-14-10-29(11-15-31)20-54-58(51,56-39(2,3)4)57-40(5,6)7/h8-18,22,24-25,27H,20-21,23,26H2,1-7H3. The Balaban J connectivity index is 1.27. The zero-order valence-electron chi connectivity index (χ0n) is 33.5. The molecule has 0 radical (unpaired) electrons. The van der Waals surface area contributed by atoms with E-state index in [1.807, 2.05) is 0 Å². The molecular formula is C41H44F2N5O9PS. The molecular weight excluding hydrogens is 808 g/mol. The fraction of sp³-hybridized carbons (Fsp3) is 0.366. The van der Waals surface area contributed by atoms with Crippen LogP contribution >= 0.6 is 19.2 Å². The van der Waals surface area contributed by atoms with Crippen LogP contribution in [0.25, 0.3) is 11.3 Å². The number of rotatable bonds is 17. The van der Waals surface area contributed by atoms with Crippen LogP contribution in [0.5, 0.6) is 0 Å². The summed E-state index contributed by atoms with van der Waals surface area (Å²) in [6.07, 6.45) is 1.30. The maximum absolute atomic E-state index is 15.8. The molecule has 0 saturated heterocycles. The number of ether oxygens (including phenoxy) is 3. The summed E-state index contributed by atoms with van der Waals surface area (Å²) in [7, 11) is -3.96. The summed E-state index contributed by atoms with van der Waals surface area (Å²) in [6.45, 7) is 10.4. The second-order valence-electron chi connectivity index (χ2n) is 15.3. The van der Waals surface area contributed by atoms with Crippen LogP contribution in [0.2, 0.25) is 0 Å². The van der Waals surface area contributed by atoms with Crippen LogP contribution in [0.15, 0.2) is 84.8 Å². The van der Waals surface area contributed by atoms with E-state index >= 15 is 4.39 Å². The van der Waals surface area contributed by atoms with Crippen molar-refractivity contribution in [1.29, 1.82) is 5.26 Å². The molecule has 312 valence electrons. The van der Waals surface area contributed by atoms with Crippen molar-refractivity contribution in [1.82, 2.24) is 19.7 Å². The third kappa shape index (κ3) is 12.4. The molecule has 14 nitrogen and oxygen atoms in total. The molecule has 0 spiro atoms. The van der Waals surface area contributed by atoms with Gasteiger partial charge in [0.05, 0.1) is 47.6 Å². The van der Waals surface area contributed by atoms with Gasteiger partial charge in [-0.3, -0.25) is 18.4 Å². The number of phosphoric acid groups is 1. The van der Waals surface area contributed by atoms with E-state index in [0.29, 0.717) is 33.5 Å². The summed E-state index contributed by atoms with van der Waals surface area (Å²) in [5.41, 5.74) is -1.14. The average molecular weight is 852 g/mol. The molecule has 3 aromatic carbocycles. The molecule has 0 aliphatic heterocycles. The van der Waals surface area contributed by atoms with Gasteiger partial charge in [0.1, 0.15) is 35.9 Å². The lowest BCUT2D eigenvalue weighted by molar-refractivity contribution is -0.0957. The highest BCUT2D eigenvalue weighted by atomic mass is 32.1. The summed E-state index contributed by atoms with van der Waals surface area (Å²) < 4.78 is 78.2. The lowest BCUT2D eigenvalue weighted by atomic mass is 9.81. The molecule has 2 atom stereocenters. The van der Waals surface area contributed by atoms with E-state index in [4.69, 9.17) is 32.8 Å². The Morgan fingerprint density at radius 3 is 2.24 bits per heavy atom. The summed E-state index contributed by atoms with van der Waals surface area (Å²) in [5.74, 6) is -3.19. The number of hydrogen-bond donors (Lipinski definition) is 0. The van der Waals surface area contributed by atoms with Crippen LogP contribution in [0.4, 0.5) is 13.6 Å². The summed E-state index contributed by atoms with van der Waals surface area (Å²) in [5, 5.41) is 15.5. The van der Waals surface area contributed by atoms with Gasteiger partial charge in [-0.15, -0.1) is 11.3 Å². The third-order valence-electron chi connectivity index (χ3n) is 8.35. The SMILES string of the molecule is CC(c1nc(-c2ccc(C#N)cc2)cs1)C(Cn1cncn1)(OC(=O)OCOCC(=O)c1ccc(COP(=O)(OC(C)(C)C)OC(C)(C)C)cc1)c1ccc(F)cc1F. The number of aromatic nitrogens is 4. The molecule has 0 N–H and O–H groups in total. The highest BCUT2D eigenvalue weighted by Crippen LogP contribution is 2.56. The van der Waals surface area contributed by atoms with E-state index in [-0.39, 0.29) is 24.3 Å². The Bertz CT molecular complexity index is 2290. The topological polar surface area (TPSA) is 174 Å². The van der Waals surface area contributed by atoms with E-state index in [1.54, 1.807) is 90.2 Å². The Morgan fingerprint density at radius 2 is 1.64 bits per heavy atom. The molecule has 0 amide bonds. The number of halogens is 2. The molecule has 2 heterocycles. The number of Topliss-reactive ketones (excluding diaryl/α,β-unsaturated/α-hetero) is 1. The highest BCUT2D eigenvalue weighted by molar-refractivity contribution is 7.48. The van der Waals surface area contributed by atoms with Crippen LogP contribution in [-0.4, -0.2) is 56.3 Å². The quantitative estimate of drug-likeness (QED) is 0.0285. The number of benzene rings is 3. The number of ketones is 1. The molecule has 5 rings (SSSR count). The molecule has 0 fully saturated rings. The van der Waals surface area contributed by atoms with Crippen molar-refractivity contribution in [3.63, 3.8) is 0 Å². The Morgan fingerprint density at radius 1 is 0.966 bits per heavy atom. The van der Waals surface area contributed by atoms with Gasteiger partial charge in [0.25, 0.3) is 0 Å². The normalized spacial score (nSPS) is 13.6. The number of nitrogens with zero attached hydrogens (tertiary/aromatic N) is 5. The van der Waals surface area contributed by atoms with Crippen LogP contribution in [0.3, 0.4) is 0 Å². The number of phosphoric ester groups is 1. The molecule has 0 aliphatic rings. The lowest BCUT2D eigenvalue weighted by Crippen LogP contribution is -2.43. The van der Waals surface area contributed by atoms with Crippen molar-refractivity contribution in [2.24, 2.45) is 0 Å². The molecule has 59 heavy (non-hydrogen) atoms.